The Hall–Kier alpha value is -1.10. The first-order valence-corrected chi connectivity index (χ1v) is 9.12. The Morgan fingerprint density at radius 3 is 2.90 bits per heavy atom. The van der Waals surface area contributed by atoms with Crippen molar-refractivity contribution in [2.24, 2.45) is 5.92 Å². The van der Waals surface area contributed by atoms with Crippen molar-refractivity contribution in [3.8, 4) is 0 Å². The maximum absolute atomic E-state index is 11.8. The molecule has 1 unspecified atom stereocenters. The first-order valence-electron chi connectivity index (χ1n) is 7.41. The van der Waals surface area contributed by atoms with Crippen molar-refractivity contribution in [2.45, 2.75) is 44.9 Å². The van der Waals surface area contributed by atoms with Gasteiger partial charge in [0, 0.05) is 24.3 Å². The molecule has 0 aromatic carbocycles. The molecule has 1 amide bonds. The van der Waals surface area contributed by atoms with Gasteiger partial charge in [-0.05, 0) is 32.1 Å². The van der Waals surface area contributed by atoms with Gasteiger partial charge in [0.05, 0.1) is 5.75 Å². The number of nitrogens with one attached hydrogen (secondary N) is 1. The second-order valence-electron chi connectivity index (χ2n) is 5.68. The molecule has 0 spiro atoms. The van der Waals surface area contributed by atoms with Gasteiger partial charge < -0.3 is 5.32 Å². The minimum Gasteiger partial charge on any atom is -0.356 e. The van der Waals surface area contributed by atoms with Crippen molar-refractivity contribution in [1.29, 1.82) is 0 Å². The average molecular weight is 297 g/mol. The van der Waals surface area contributed by atoms with E-state index in [1.165, 1.54) is 30.2 Å². The Bertz CT molecular complexity index is 505. The fourth-order valence-electron chi connectivity index (χ4n) is 2.75. The number of carbonyl (C=O) groups excluding carboxylic acids is 1. The molecule has 1 heterocycles. The maximum Gasteiger partial charge on any atom is 0.220 e. The molecule has 0 fully saturated rings. The largest absolute Gasteiger partial charge is 0.356 e. The van der Waals surface area contributed by atoms with Gasteiger partial charge in [0.1, 0.15) is 0 Å². The second kappa shape index (κ2) is 7.07. The van der Waals surface area contributed by atoms with Gasteiger partial charge in [-0.15, -0.1) is 0 Å². The molecule has 1 aliphatic carbocycles. The summed E-state index contributed by atoms with van der Waals surface area (Å²) < 4.78 is 22.5. The lowest BCUT2D eigenvalue weighted by Gasteiger charge is -2.09. The van der Waals surface area contributed by atoms with Gasteiger partial charge in [-0.2, -0.15) is 0 Å². The van der Waals surface area contributed by atoms with Crippen molar-refractivity contribution in [3.05, 3.63) is 23.1 Å². The number of carbonyl (C=O) groups is 1. The van der Waals surface area contributed by atoms with Crippen LogP contribution in [0, 0.1) is 5.92 Å². The molecule has 0 aromatic rings. The van der Waals surface area contributed by atoms with Crippen molar-refractivity contribution >= 4 is 15.7 Å². The SMILES string of the molecule is O=C(CC1C=CS(=O)(=O)C1)NCCC1=CCCCCC1. The molecular weight excluding hydrogens is 274 g/mol. The van der Waals surface area contributed by atoms with Gasteiger partial charge in [0.25, 0.3) is 0 Å². The number of amides is 1. The molecular formula is C15H23NO3S. The predicted molar refractivity (Wildman–Crippen MR) is 79.8 cm³/mol. The molecule has 5 heteroatoms. The number of allylic oxidation sites excluding steroid dienone is 2. The highest BCUT2D eigenvalue weighted by molar-refractivity contribution is 7.94. The Morgan fingerprint density at radius 2 is 2.15 bits per heavy atom. The van der Waals surface area contributed by atoms with Gasteiger partial charge in [-0.25, -0.2) is 8.42 Å². The van der Waals surface area contributed by atoms with Crippen LogP contribution in [0.2, 0.25) is 0 Å². The van der Waals surface area contributed by atoms with Gasteiger partial charge in [0.15, 0.2) is 9.84 Å². The minimum atomic E-state index is -3.05. The van der Waals surface area contributed by atoms with Crippen LogP contribution in [-0.2, 0) is 14.6 Å². The number of hydrogen-bond acceptors (Lipinski definition) is 3. The molecule has 112 valence electrons. The summed E-state index contributed by atoms with van der Waals surface area (Å²) in [6.45, 7) is 0.661. The van der Waals surface area contributed by atoms with Crippen LogP contribution >= 0.6 is 0 Å². The third-order valence-electron chi connectivity index (χ3n) is 3.86. The fraction of sp³-hybridized carbons (Fsp3) is 0.667. The van der Waals surface area contributed by atoms with E-state index in [0.29, 0.717) is 6.54 Å². The molecule has 0 aromatic heterocycles. The number of rotatable bonds is 5. The third kappa shape index (κ3) is 5.12. The quantitative estimate of drug-likeness (QED) is 0.792. The van der Waals surface area contributed by atoms with Crippen LogP contribution in [0.4, 0.5) is 0 Å². The Morgan fingerprint density at radius 1 is 1.30 bits per heavy atom. The number of hydrogen-bond donors (Lipinski definition) is 1. The van der Waals surface area contributed by atoms with E-state index >= 15 is 0 Å². The first kappa shape index (κ1) is 15.3. The summed E-state index contributed by atoms with van der Waals surface area (Å²) in [7, 11) is -3.05. The van der Waals surface area contributed by atoms with Crippen LogP contribution < -0.4 is 5.32 Å². The van der Waals surface area contributed by atoms with E-state index in [0.717, 1.165) is 19.3 Å². The van der Waals surface area contributed by atoms with Crippen LogP contribution in [0.3, 0.4) is 0 Å². The van der Waals surface area contributed by atoms with E-state index in [1.807, 2.05) is 0 Å². The summed E-state index contributed by atoms with van der Waals surface area (Å²) in [6, 6.07) is 0. The van der Waals surface area contributed by atoms with Gasteiger partial charge in [0.2, 0.25) is 5.91 Å². The minimum absolute atomic E-state index is 0.0500. The lowest BCUT2D eigenvalue weighted by Crippen LogP contribution is -2.27. The second-order valence-corrected chi connectivity index (χ2v) is 7.62. The lowest BCUT2D eigenvalue weighted by molar-refractivity contribution is -0.121. The van der Waals surface area contributed by atoms with Gasteiger partial charge in [-0.1, -0.05) is 24.1 Å². The molecule has 1 N–H and O–H groups in total. The summed E-state index contributed by atoms with van der Waals surface area (Å²) in [6.07, 6.45) is 11.3. The molecule has 1 atom stereocenters. The molecule has 0 saturated heterocycles. The highest BCUT2D eigenvalue weighted by Gasteiger charge is 2.23. The summed E-state index contributed by atoms with van der Waals surface area (Å²) in [5, 5.41) is 4.12. The van der Waals surface area contributed by atoms with E-state index in [4.69, 9.17) is 0 Å². The van der Waals surface area contributed by atoms with Crippen LogP contribution in [0.15, 0.2) is 23.1 Å². The van der Waals surface area contributed by atoms with Crippen molar-refractivity contribution in [2.75, 3.05) is 12.3 Å². The van der Waals surface area contributed by atoms with Crippen LogP contribution in [0.5, 0.6) is 0 Å². The Labute approximate surface area is 121 Å². The summed E-state index contributed by atoms with van der Waals surface area (Å²) in [5.74, 6) is -0.131. The molecule has 0 bridgehead atoms. The molecule has 1 aliphatic heterocycles. The highest BCUT2D eigenvalue weighted by Crippen LogP contribution is 2.20. The zero-order valence-corrected chi connectivity index (χ0v) is 12.6. The third-order valence-corrected chi connectivity index (χ3v) is 5.32. The molecule has 0 saturated carbocycles. The van der Waals surface area contributed by atoms with Gasteiger partial charge in [-0.3, -0.25) is 4.79 Å². The predicted octanol–water partition coefficient (Wildman–Crippen LogP) is 2.33. The van der Waals surface area contributed by atoms with E-state index in [2.05, 4.69) is 11.4 Å². The normalized spacial score (nSPS) is 25.0. The molecule has 0 radical (unpaired) electrons. The van der Waals surface area contributed by atoms with Gasteiger partial charge >= 0.3 is 0 Å². The van der Waals surface area contributed by atoms with Crippen LogP contribution in [-0.4, -0.2) is 26.6 Å². The van der Waals surface area contributed by atoms with E-state index in [1.54, 1.807) is 6.08 Å². The molecule has 2 aliphatic rings. The Kier molecular flexibility index (Phi) is 5.40. The van der Waals surface area contributed by atoms with Crippen molar-refractivity contribution in [1.82, 2.24) is 5.32 Å². The zero-order chi connectivity index (χ0) is 14.4. The highest BCUT2D eigenvalue weighted by atomic mass is 32.2. The van der Waals surface area contributed by atoms with Crippen LogP contribution in [0.25, 0.3) is 0 Å². The maximum atomic E-state index is 11.8. The summed E-state index contributed by atoms with van der Waals surface area (Å²) in [5.41, 5.74) is 1.45. The Balaban J connectivity index is 1.65. The fourth-order valence-corrected chi connectivity index (χ4v) is 4.15. The zero-order valence-electron chi connectivity index (χ0n) is 11.8. The van der Waals surface area contributed by atoms with Crippen molar-refractivity contribution in [3.63, 3.8) is 0 Å². The molecule has 4 nitrogen and oxygen atoms in total. The van der Waals surface area contributed by atoms with E-state index in [-0.39, 0.29) is 24.0 Å². The van der Waals surface area contributed by atoms with E-state index in [9.17, 15) is 13.2 Å². The summed E-state index contributed by atoms with van der Waals surface area (Å²) in [4.78, 5) is 11.8. The average Bonchev–Trinajstić information content (AvgIpc) is 2.60. The standard InChI is InChI=1S/C15H23NO3S/c17-15(11-14-8-10-20(18,19)12-14)16-9-7-13-5-3-1-2-4-6-13/h5,8,10,14H,1-4,6-7,9,11-12H2,(H,16,17). The first-order chi connectivity index (χ1) is 9.55. The lowest BCUT2D eigenvalue weighted by atomic mass is 10.1. The molecule has 20 heavy (non-hydrogen) atoms. The topological polar surface area (TPSA) is 63.2 Å². The molecule has 2 rings (SSSR count). The van der Waals surface area contributed by atoms with E-state index < -0.39 is 9.84 Å². The van der Waals surface area contributed by atoms with Crippen LogP contribution in [0.1, 0.15) is 44.9 Å². The monoisotopic (exact) mass is 297 g/mol. The van der Waals surface area contributed by atoms with Crippen molar-refractivity contribution < 1.29 is 13.2 Å². The number of sulfone groups is 1. The summed E-state index contributed by atoms with van der Waals surface area (Å²) >= 11 is 0. The smallest absolute Gasteiger partial charge is 0.220 e.